The Kier molecular flexibility index (Phi) is 15.1. The van der Waals surface area contributed by atoms with Crippen molar-refractivity contribution in [2.75, 3.05) is 39.9 Å². The molecule has 23 heavy (non-hydrogen) atoms. The Labute approximate surface area is 157 Å². The SMILES string of the molecule is CCOc1cc(CNCCN(CC)CC)cc(Cl)c1OC.Cl.Cl. The molecule has 1 aromatic carbocycles. The Balaban J connectivity index is 0. The van der Waals surface area contributed by atoms with Gasteiger partial charge in [0, 0.05) is 19.6 Å². The maximum Gasteiger partial charge on any atom is 0.179 e. The predicted octanol–water partition coefficient (Wildman–Crippen LogP) is 4.02. The van der Waals surface area contributed by atoms with Crippen molar-refractivity contribution >= 4 is 36.4 Å². The molecule has 0 radical (unpaired) electrons. The number of nitrogens with zero attached hydrogens (tertiary/aromatic N) is 1. The highest BCUT2D eigenvalue weighted by molar-refractivity contribution is 6.32. The van der Waals surface area contributed by atoms with E-state index in [-0.39, 0.29) is 24.8 Å². The van der Waals surface area contributed by atoms with E-state index in [1.807, 2.05) is 19.1 Å². The van der Waals surface area contributed by atoms with Crippen LogP contribution >= 0.6 is 36.4 Å². The Morgan fingerprint density at radius 3 is 2.30 bits per heavy atom. The molecule has 1 aromatic rings. The molecule has 0 aliphatic carbocycles. The minimum Gasteiger partial charge on any atom is -0.491 e. The van der Waals surface area contributed by atoms with E-state index in [0.29, 0.717) is 23.1 Å². The van der Waals surface area contributed by atoms with Crippen LogP contribution in [-0.4, -0.2) is 44.8 Å². The van der Waals surface area contributed by atoms with Crippen LogP contribution in [0, 0.1) is 0 Å². The minimum absolute atomic E-state index is 0. The molecule has 0 saturated carbocycles. The van der Waals surface area contributed by atoms with Crippen LogP contribution in [0.5, 0.6) is 11.5 Å². The monoisotopic (exact) mass is 386 g/mol. The number of nitrogens with one attached hydrogen (secondary N) is 1. The summed E-state index contributed by atoms with van der Waals surface area (Å²) in [5.74, 6) is 1.30. The van der Waals surface area contributed by atoms with E-state index in [2.05, 4.69) is 24.1 Å². The molecule has 0 saturated heterocycles. The normalized spacial score (nSPS) is 10.0. The van der Waals surface area contributed by atoms with Crippen LogP contribution in [0.3, 0.4) is 0 Å². The molecule has 0 amide bonds. The smallest absolute Gasteiger partial charge is 0.179 e. The maximum atomic E-state index is 6.24. The molecule has 7 heteroatoms. The fourth-order valence-corrected chi connectivity index (χ4v) is 2.50. The van der Waals surface area contributed by atoms with E-state index in [0.717, 1.165) is 38.3 Å². The van der Waals surface area contributed by atoms with E-state index < -0.39 is 0 Å². The summed E-state index contributed by atoms with van der Waals surface area (Å²) in [5.41, 5.74) is 1.10. The molecular formula is C16H29Cl3N2O2. The highest BCUT2D eigenvalue weighted by atomic mass is 35.5. The highest BCUT2D eigenvalue weighted by Gasteiger charge is 2.11. The second-order valence-electron chi connectivity index (χ2n) is 4.75. The lowest BCUT2D eigenvalue weighted by Gasteiger charge is -2.18. The summed E-state index contributed by atoms with van der Waals surface area (Å²) in [6.45, 7) is 11.8. The summed E-state index contributed by atoms with van der Waals surface area (Å²) < 4.78 is 10.9. The van der Waals surface area contributed by atoms with Gasteiger partial charge in [-0.2, -0.15) is 0 Å². The molecule has 136 valence electrons. The Hall–Kier alpha value is -0.390. The first kappa shape index (κ1) is 24.9. The van der Waals surface area contributed by atoms with Gasteiger partial charge in [0.25, 0.3) is 0 Å². The first-order valence-electron chi connectivity index (χ1n) is 7.58. The quantitative estimate of drug-likeness (QED) is 0.615. The zero-order chi connectivity index (χ0) is 15.7. The first-order chi connectivity index (χ1) is 10.2. The average Bonchev–Trinajstić information content (AvgIpc) is 2.47. The van der Waals surface area contributed by atoms with Gasteiger partial charge in [-0.05, 0) is 37.7 Å². The minimum atomic E-state index is 0. The van der Waals surface area contributed by atoms with Crippen molar-refractivity contribution in [1.82, 2.24) is 10.2 Å². The number of likely N-dealkylation sites (N-methyl/N-ethyl adjacent to an activating group) is 1. The van der Waals surface area contributed by atoms with Crippen molar-refractivity contribution < 1.29 is 9.47 Å². The lowest BCUT2D eigenvalue weighted by Crippen LogP contribution is -2.31. The first-order valence-corrected chi connectivity index (χ1v) is 7.96. The van der Waals surface area contributed by atoms with Gasteiger partial charge in [-0.3, -0.25) is 0 Å². The standard InChI is InChI=1S/C16H27ClN2O2.2ClH/c1-5-19(6-2)9-8-18-12-13-10-14(17)16(20-4)15(11-13)21-7-3;;/h10-11,18H,5-9,12H2,1-4H3;2*1H. The number of hydrogen-bond acceptors (Lipinski definition) is 4. The summed E-state index contributed by atoms with van der Waals surface area (Å²) in [6.07, 6.45) is 0. The molecule has 0 bridgehead atoms. The van der Waals surface area contributed by atoms with Crippen molar-refractivity contribution in [3.05, 3.63) is 22.7 Å². The van der Waals surface area contributed by atoms with Crippen LogP contribution in [0.15, 0.2) is 12.1 Å². The third-order valence-corrected chi connectivity index (χ3v) is 3.68. The lowest BCUT2D eigenvalue weighted by molar-refractivity contribution is 0.301. The van der Waals surface area contributed by atoms with E-state index in [9.17, 15) is 0 Å². The molecule has 0 atom stereocenters. The van der Waals surface area contributed by atoms with Crippen molar-refractivity contribution in [3.8, 4) is 11.5 Å². The lowest BCUT2D eigenvalue weighted by atomic mass is 10.2. The van der Waals surface area contributed by atoms with Crippen molar-refractivity contribution in [1.29, 1.82) is 0 Å². The zero-order valence-corrected chi connectivity index (χ0v) is 16.7. The summed E-state index contributed by atoms with van der Waals surface area (Å²) in [6, 6.07) is 3.91. The van der Waals surface area contributed by atoms with E-state index in [4.69, 9.17) is 21.1 Å². The van der Waals surface area contributed by atoms with E-state index >= 15 is 0 Å². The van der Waals surface area contributed by atoms with Gasteiger partial charge < -0.3 is 19.7 Å². The van der Waals surface area contributed by atoms with Crippen molar-refractivity contribution in [3.63, 3.8) is 0 Å². The topological polar surface area (TPSA) is 33.7 Å². The number of ether oxygens (including phenoxy) is 2. The van der Waals surface area contributed by atoms with Crippen LogP contribution in [-0.2, 0) is 6.54 Å². The number of benzene rings is 1. The van der Waals surface area contributed by atoms with Gasteiger partial charge in [0.05, 0.1) is 18.7 Å². The number of hydrogen-bond donors (Lipinski definition) is 1. The van der Waals surface area contributed by atoms with Gasteiger partial charge in [0.15, 0.2) is 11.5 Å². The molecule has 0 aromatic heterocycles. The van der Waals surface area contributed by atoms with Gasteiger partial charge in [-0.15, -0.1) is 24.8 Å². The Morgan fingerprint density at radius 2 is 1.78 bits per heavy atom. The van der Waals surface area contributed by atoms with Crippen LogP contribution in [0.4, 0.5) is 0 Å². The second kappa shape index (κ2) is 14.0. The Bertz CT molecular complexity index is 430. The predicted molar refractivity (Wildman–Crippen MR) is 103 cm³/mol. The largest absolute Gasteiger partial charge is 0.491 e. The second-order valence-corrected chi connectivity index (χ2v) is 5.15. The van der Waals surface area contributed by atoms with Crippen LogP contribution in [0.1, 0.15) is 26.3 Å². The van der Waals surface area contributed by atoms with Crippen LogP contribution < -0.4 is 14.8 Å². The summed E-state index contributed by atoms with van der Waals surface area (Å²) in [4.78, 5) is 2.39. The molecule has 0 heterocycles. The zero-order valence-electron chi connectivity index (χ0n) is 14.4. The molecule has 0 unspecified atom stereocenters. The summed E-state index contributed by atoms with van der Waals surface area (Å²) in [5, 5.41) is 4.03. The van der Waals surface area contributed by atoms with Crippen LogP contribution in [0.25, 0.3) is 0 Å². The van der Waals surface area contributed by atoms with E-state index in [1.165, 1.54) is 0 Å². The summed E-state index contributed by atoms with van der Waals surface area (Å²) in [7, 11) is 1.60. The highest BCUT2D eigenvalue weighted by Crippen LogP contribution is 2.36. The Morgan fingerprint density at radius 1 is 1.13 bits per heavy atom. The third-order valence-electron chi connectivity index (χ3n) is 3.40. The fourth-order valence-electron chi connectivity index (χ4n) is 2.19. The molecule has 1 N–H and O–H groups in total. The van der Waals surface area contributed by atoms with Gasteiger partial charge >= 0.3 is 0 Å². The van der Waals surface area contributed by atoms with Crippen molar-refractivity contribution in [2.45, 2.75) is 27.3 Å². The fraction of sp³-hybridized carbons (Fsp3) is 0.625. The molecule has 0 spiro atoms. The summed E-state index contributed by atoms with van der Waals surface area (Å²) >= 11 is 6.24. The molecule has 4 nitrogen and oxygen atoms in total. The number of halogens is 3. The molecule has 0 aliphatic heterocycles. The number of methoxy groups -OCH3 is 1. The van der Waals surface area contributed by atoms with Gasteiger partial charge in [0.2, 0.25) is 0 Å². The van der Waals surface area contributed by atoms with Gasteiger partial charge in [0.1, 0.15) is 0 Å². The van der Waals surface area contributed by atoms with Gasteiger partial charge in [-0.25, -0.2) is 0 Å². The molecule has 0 aliphatic rings. The third kappa shape index (κ3) is 8.32. The van der Waals surface area contributed by atoms with E-state index in [1.54, 1.807) is 7.11 Å². The molecule has 1 rings (SSSR count). The van der Waals surface area contributed by atoms with Crippen LogP contribution in [0.2, 0.25) is 5.02 Å². The maximum absolute atomic E-state index is 6.24. The van der Waals surface area contributed by atoms with Crippen molar-refractivity contribution in [2.24, 2.45) is 0 Å². The molecule has 0 fully saturated rings. The number of rotatable bonds is 10. The molecular weight excluding hydrogens is 359 g/mol. The average molecular weight is 388 g/mol. The van der Waals surface area contributed by atoms with Gasteiger partial charge in [-0.1, -0.05) is 25.4 Å².